The molecular formula is C43H59BrN2O10S2. The number of para-hydroxylation sites is 2. The largest absolute Gasteiger partial charge is 0.497 e. The van der Waals surface area contributed by atoms with Gasteiger partial charge in [-0.1, -0.05) is 59.8 Å². The molecule has 15 heteroatoms. The summed E-state index contributed by atoms with van der Waals surface area (Å²) >= 11 is 2.99. The van der Waals surface area contributed by atoms with E-state index in [1.54, 1.807) is 134 Å². The van der Waals surface area contributed by atoms with Gasteiger partial charge in [-0.3, -0.25) is 18.6 Å². The van der Waals surface area contributed by atoms with Crippen LogP contribution in [0.15, 0.2) is 94.7 Å². The number of aryl methyl sites for hydroxylation is 4. The first kappa shape index (κ1) is 51.4. The van der Waals surface area contributed by atoms with Crippen LogP contribution < -0.4 is 18.5 Å². The van der Waals surface area contributed by atoms with E-state index in [0.717, 1.165) is 4.31 Å². The van der Waals surface area contributed by atoms with Crippen molar-refractivity contribution in [3.8, 4) is 11.5 Å². The number of benzene rings is 4. The summed E-state index contributed by atoms with van der Waals surface area (Å²) in [6.07, 6.45) is 0. The summed E-state index contributed by atoms with van der Waals surface area (Å²) < 4.78 is 76.4. The highest BCUT2D eigenvalue weighted by atomic mass is 79.9. The summed E-state index contributed by atoms with van der Waals surface area (Å²) in [5.74, 6) is 0.386. The maximum atomic E-state index is 13.6. The topological polar surface area (TPSA) is 155 Å². The lowest BCUT2D eigenvalue weighted by molar-refractivity contribution is -0.153. The minimum Gasteiger partial charge on any atom is -0.497 e. The van der Waals surface area contributed by atoms with Gasteiger partial charge in [0.1, 0.15) is 34.6 Å². The fraction of sp³-hybridized carbons (Fsp3) is 0.395. The fourth-order valence-electron chi connectivity index (χ4n) is 5.48. The van der Waals surface area contributed by atoms with Crippen LogP contribution in [0, 0.1) is 27.7 Å². The summed E-state index contributed by atoms with van der Waals surface area (Å²) in [6, 6.07) is 24.1. The average Bonchev–Trinajstić information content (AvgIpc) is 3.09. The van der Waals surface area contributed by atoms with Crippen LogP contribution in [0.4, 0.5) is 11.4 Å². The maximum Gasteiger partial charge on any atom is 0.327 e. The number of nitrogens with zero attached hydrogens (tertiary/aromatic N) is 1. The summed E-state index contributed by atoms with van der Waals surface area (Å²) in [4.78, 5) is 23.4. The van der Waals surface area contributed by atoms with E-state index < -0.39 is 38.2 Å². The molecule has 0 bridgehead atoms. The van der Waals surface area contributed by atoms with E-state index in [2.05, 4.69) is 20.7 Å². The minimum atomic E-state index is -4.01. The molecule has 0 aromatic heterocycles. The Morgan fingerprint density at radius 2 is 1.02 bits per heavy atom. The van der Waals surface area contributed by atoms with Crippen LogP contribution in [0.5, 0.6) is 11.5 Å². The zero-order valence-corrected chi connectivity index (χ0v) is 37.9. The number of esters is 2. The number of hydrogen-bond donors (Lipinski definition) is 1. The van der Waals surface area contributed by atoms with Gasteiger partial charge in [0.2, 0.25) is 0 Å². The molecule has 1 N–H and O–H groups in total. The van der Waals surface area contributed by atoms with Gasteiger partial charge in [0.05, 0.1) is 29.7 Å². The van der Waals surface area contributed by atoms with E-state index in [4.69, 9.17) is 18.9 Å². The van der Waals surface area contributed by atoms with Crippen LogP contribution in [0.25, 0.3) is 0 Å². The number of carbonyl (C=O) groups excluding carboxylic acids is 2. The molecule has 0 amide bonds. The minimum absolute atomic E-state index is 0. The van der Waals surface area contributed by atoms with E-state index in [9.17, 15) is 26.4 Å². The molecule has 4 aromatic rings. The van der Waals surface area contributed by atoms with Crippen molar-refractivity contribution in [2.45, 2.75) is 97.7 Å². The Morgan fingerprint density at radius 3 is 1.38 bits per heavy atom. The van der Waals surface area contributed by atoms with Crippen molar-refractivity contribution < 1.29 is 45.4 Å². The van der Waals surface area contributed by atoms with Crippen LogP contribution in [0.3, 0.4) is 0 Å². The predicted molar refractivity (Wildman–Crippen MR) is 235 cm³/mol. The van der Waals surface area contributed by atoms with Gasteiger partial charge in [-0.25, -0.2) is 16.8 Å². The molecule has 0 saturated heterocycles. The number of nitrogens with one attached hydrogen (secondary N) is 1. The molecule has 0 fully saturated rings. The van der Waals surface area contributed by atoms with Gasteiger partial charge in [-0.2, -0.15) is 0 Å². The van der Waals surface area contributed by atoms with Crippen molar-refractivity contribution in [3.05, 3.63) is 107 Å². The molecule has 0 aliphatic heterocycles. The molecule has 0 aliphatic carbocycles. The van der Waals surface area contributed by atoms with Crippen molar-refractivity contribution in [2.75, 3.05) is 35.1 Å². The van der Waals surface area contributed by atoms with Crippen molar-refractivity contribution in [1.82, 2.24) is 0 Å². The number of carbonyl (C=O) groups is 2. The zero-order valence-electron chi connectivity index (χ0n) is 34.7. The molecule has 12 nitrogen and oxygen atoms in total. The van der Waals surface area contributed by atoms with Crippen LogP contribution in [-0.4, -0.2) is 66.1 Å². The Balaban J connectivity index is 0.000000488. The number of sulfonamides is 2. The van der Waals surface area contributed by atoms with Crippen LogP contribution in [0.1, 0.15) is 71.2 Å². The molecule has 0 aliphatic rings. The third kappa shape index (κ3) is 16.0. The lowest BCUT2D eigenvalue weighted by Gasteiger charge is -2.27. The molecule has 0 radical (unpaired) electrons. The molecule has 58 heavy (non-hydrogen) atoms. The number of hydrogen-bond acceptors (Lipinski definition) is 10. The second kappa shape index (κ2) is 22.0. The molecule has 0 spiro atoms. The third-order valence-corrected chi connectivity index (χ3v) is 11.7. The highest BCUT2D eigenvalue weighted by molar-refractivity contribution is 9.09. The van der Waals surface area contributed by atoms with Crippen LogP contribution in [-0.2, 0) is 39.1 Å². The number of anilines is 2. The molecule has 0 heterocycles. The Hall–Kier alpha value is -4.60. The SMILES string of the molecule is C.CC(C)(C)OC(=O)CBr.COc1cc(C)c(S(=O)(=O)N(CC(=O)OC(C)(C)C)c2ccccc2)c(C)c1.COc1cc(C)c(S(=O)(=O)Nc2ccccc2)c(C)c1. The normalized spacial score (nSPS) is 11.3. The van der Waals surface area contributed by atoms with Gasteiger partial charge >= 0.3 is 11.9 Å². The summed E-state index contributed by atoms with van der Waals surface area (Å²) in [5.41, 5.74) is 2.27. The predicted octanol–water partition coefficient (Wildman–Crippen LogP) is 9.32. The number of methoxy groups -OCH3 is 2. The molecule has 320 valence electrons. The Labute approximate surface area is 354 Å². The van der Waals surface area contributed by atoms with E-state index in [1.165, 1.54) is 7.11 Å². The van der Waals surface area contributed by atoms with Gasteiger partial charge in [0, 0.05) is 5.69 Å². The van der Waals surface area contributed by atoms with E-state index in [-0.39, 0.29) is 29.2 Å². The Kier molecular flexibility index (Phi) is 19.5. The summed E-state index contributed by atoms with van der Waals surface area (Å²) in [6.45, 7) is 17.3. The second-order valence-corrected chi connectivity index (χ2v) is 18.8. The van der Waals surface area contributed by atoms with Crippen molar-refractivity contribution in [2.24, 2.45) is 0 Å². The van der Waals surface area contributed by atoms with Gasteiger partial charge in [0.25, 0.3) is 20.0 Å². The van der Waals surface area contributed by atoms with Crippen molar-refractivity contribution in [3.63, 3.8) is 0 Å². The maximum absolute atomic E-state index is 13.6. The van der Waals surface area contributed by atoms with Gasteiger partial charge < -0.3 is 18.9 Å². The Morgan fingerprint density at radius 1 is 0.638 bits per heavy atom. The van der Waals surface area contributed by atoms with E-state index in [0.29, 0.717) is 50.0 Å². The standard InChI is InChI=1S/C21H27NO5S.C15H17NO3S.C6H11BrO2.CH4/c1-15-12-18(26-6)13-16(2)20(15)28(24,25)22(17-10-8-7-9-11-17)14-19(23)27-21(3,4)5;1-11-9-14(19-3)10-12(2)15(11)20(17,18)16-13-7-5-4-6-8-13;1-6(2,3)9-5(8)4-7;/h7-13H,14H2,1-6H3;4-10,16H,1-3H3;4H2,1-3H3;1H4. The molecule has 0 saturated carbocycles. The second-order valence-electron chi connectivity index (χ2n) is 14.8. The van der Waals surface area contributed by atoms with Crippen LogP contribution in [0.2, 0.25) is 0 Å². The van der Waals surface area contributed by atoms with Crippen LogP contribution >= 0.6 is 15.9 Å². The molecule has 0 unspecified atom stereocenters. The fourth-order valence-corrected chi connectivity index (χ4v) is 8.93. The van der Waals surface area contributed by atoms with Gasteiger partial charge in [-0.15, -0.1) is 0 Å². The summed E-state index contributed by atoms with van der Waals surface area (Å²) in [5, 5.41) is 0.268. The number of rotatable bonds is 11. The zero-order chi connectivity index (χ0) is 43.4. The van der Waals surface area contributed by atoms with Gasteiger partial charge in [-0.05, 0) is 140 Å². The lowest BCUT2D eigenvalue weighted by Crippen LogP contribution is -2.39. The first-order valence-electron chi connectivity index (χ1n) is 17.8. The quantitative estimate of drug-likeness (QED) is 0.114. The van der Waals surface area contributed by atoms with Gasteiger partial charge in [0.15, 0.2) is 0 Å². The Bertz CT molecular complexity index is 2140. The number of alkyl halides is 1. The third-order valence-electron chi connectivity index (χ3n) is 7.45. The summed E-state index contributed by atoms with van der Waals surface area (Å²) in [7, 11) is -4.53. The number of halogens is 1. The van der Waals surface area contributed by atoms with Crippen molar-refractivity contribution >= 4 is 59.3 Å². The molecule has 4 rings (SSSR count). The van der Waals surface area contributed by atoms with E-state index in [1.807, 2.05) is 26.8 Å². The lowest BCUT2D eigenvalue weighted by atomic mass is 10.1. The molecule has 0 atom stereocenters. The average molecular weight is 908 g/mol. The molecular weight excluding hydrogens is 849 g/mol. The first-order chi connectivity index (χ1) is 26.3. The smallest absolute Gasteiger partial charge is 0.327 e. The molecule has 4 aromatic carbocycles. The number of ether oxygens (including phenoxy) is 4. The highest BCUT2D eigenvalue weighted by Gasteiger charge is 2.32. The van der Waals surface area contributed by atoms with Crippen molar-refractivity contribution in [1.29, 1.82) is 0 Å². The monoisotopic (exact) mass is 906 g/mol. The first-order valence-corrected chi connectivity index (χ1v) is 21.9. The van der Waals surface area contributed by atoms with E-state index >= 15 is 0 Å². The highest BCUT2D eigenvalue weighted by Crippen LogP contribution is 2.31.